The summed E-state index contributed by atoms with van der Waals surface area (Å²) in [6, 6.07) is 8.85. The van der Waals surface area contributed by atoms with Crippen LogP contribution < -0.4 is 0 Å². The minimum absolute atomic E-state index is 0.0370. The molecule has 3 heterocycles. The van der Waals surface area contributed by atoms with Gasteiger partial charge in [-0.2, -0.15) is 0 Å². The molecule has 0 aliphatic carbocycles. The van der Waals surface area contributed by atoms with Gasteiger partial charge in [0.1, 0.15) is 5.82 Å². The number of hydrogen-bond acceptors (Lipinski definition) is 6. The lowest BCUT2D eigenvalue weighted by molar-refractivity contribution is -0.133. The van der Waals surface area contributed by atoms with Crippen molar-refractivity contribution < 1.29 is 17.9 Å². The fraction of sp³-hybridized carbons (Fsp3) is 0.480. The first-order valence-electron chi connectivity index (χ1n) is 12.0. The van der Waals surface area contributed by atoms with Crippen LogP contribution in [0.3, 0.4) is 0 Å². The second-order valence-corrected chi connectivity index (χ2v) is 11.1. The summed E-state index contributed by atoms with van der Waals surface area (Å²) in [4.78, 5) is 24.3. The largest absolute Gasteiger partial charge is 0.376 e. The number of nitrogens with zero attached hydrogens (tertiary/aromatic N) is 5. The highest BCUT2D eigenvalue weighted by Crippen LogP contribution is 2.23. The van der Waals surface area contributed by atoms with Crippen molar-refractivity contribution in [1.29, 1.82) is 0 Å². The second-order valence-electron chi connectivity index (χ2n) is 8.98. The van der Waals surface area contributed by atoms with Gasteiger partial charge in [-0.1, -0.05) is 6.07 Å². The first kappa shape index (κ1) is 25.3. The zero-order valence-electron chi connectivity index (χ0n) is 20.6. The molecule has 1 atom stereocenters. The Morgan fingerprint density at radius 2 is 2.09 bits per heavy atom. The third kappa shape index (κ3) is 5.71. The summed E-state index contributed by atoms with van der Waals surface area (Å²) in [6.07, 6.45) is 6.32. The summed E-state index contributed by atoms with van der Waals surface area (Å²) in [7, 11) is -0.533. The molecule has 188 valence electrons. The molecule has 35 heavy (non-hydrogen) atoms. The van der Waals surface area contributed by atoms with Gasteiger partial charge in [0.2, 0.25) is 15.9 Å². The molecule has 0 spiro atoms. The van der Waals surface area contributed by atoms with Crippen LogP contribution >= 0.6 is 0 Å². The maximum absolute atomic E-state index is 13.3. The number of rotatable bonds is 10. The van der Waals surface area contributed by atoms with E-state index in [0.29, 0.717) is 38.0 Å². The summed E-state index contributed by atoms with van der Waals surface area (Å²) < 4.78 is 34.1. The average molecular weight is 500 g/mol. The van der Waals surface area contributed by atoms with Crippen LogP contribution in [0.15, 0.2) is 47.6 Å². The highest BCUT2D eigenvalue weighted by molar-refractivity contribution is 7.89. The Morgan fingerprint density at radius 3 is 2.74 bits per heavy atom. The molecule has 3 aromatic rings. The summed E-state index contributed by atoms with van der Waals surface area (Å²) in [5.74, 6) is 0.809. The van der Waals surface area contributed by atoms with E-state index in [1.54, 1.807) is 30.6 Å². The highest BCUT2D eigenvalue weighted by Gasteiger charge is 2.24. The number of amides is 1. The molecule has 0 radical (unpaired) electrons. The van der Waals surface area contributed by atoms with E-state index in [2.05, 4.69) is 4.98 Å². The van der Waals surface area contributed by atoms with Crippen LogP contribution in [0, 0.1) is 0 Å². The molecular formula is C25H33N5O4S. The van der Waals surface area contributed by atoms with Gasteiger partial charge in [0.25, 0.3) is 0 Å². The van der Waals surface area contributed by atoms with Crippen molar-refractivity contribution in [3.05, 3.63) is 54.1 Å². The van der Waals surface area contributed by atoms with E-state index < -0.39 is 10.0 Å². The number of sulfonamides is 1. The van der Waals surface area contributed by atoms with Crippen molar-refractivity contribution in [2.75, 3.05) is 27.2 Å². The summed E-state index contributed by atoms with van der Waals surface area (Å²) in [5.41, 5.74) is 2.46. The number of hydrogen-bond donors (Lipinski definition) is 0. The van der Waals surface area contributed by atoms with Gasteiger partial charge in [0.05, 0.1) is 22.0 Å². The molecule has 4 rings (SSSR count). The van der Waals surface area contributed by atoms with E-state index in [1.165, 1.54) is 18.4 Å². The Bertz CT molecular complexity index is 1270. The number of aryl methyl sites for hydroxylation is 2. The van der Waals surface area contributed by atoms with Crippen molar-refractivity contribution in [2.45, 2.75) is 56.7 Å². The van der Waals surface area contributed by atoms with E-state index >= 15 is 0 Å². The van der Waals surface area contributed by atoms with Gasteiger partial charge >= 0.3 is 0 Å². The van der Waals surface area contributed by atoms with Crippen LogP contribution in [0.4, 0.5) is 0 Å². The Labute approximate surface area is 206 Å². The Balaban J connectivity index is 1.53. The maximum atomic E-state index is 13.3. The molecule has 0 bridgehead atoms. The third-order valence-corrected chi connectivity index (χ3v) is 8.16. The van der Waals surface area contributed by atoms with E-state index in [1.807, 2.05) is 28.5 Å². The normalized spacial score (nSPS) is 16.3. The highest BCUT2D eigenvalue weighted by atomic mass is 32.2. The monoisotopic (exact) mass is 499 g/mol. The number of benzene rings is 1. The van der Waals surface area contributed by atoms with E-state index in [9.17, 15) is 13.2 Å². The van der Waals surface area contributed by atoms with Gasteiger partial charge in [0.15, 0.2) is 0 Å². The molecule has 1 fully saturated rings. The molecule has 1 unspecified atom stereocenters. The second kappa shape index (κ2) is 10.8. The number of aromatic nitrogens is 3. The predicted octanol–water partition coefficient (Wildman–Crippen LogP) is 2.84. The van der Waals surface area contributed by atoms with E-state index in [0.717, 1.165) is 36.4 Å². The van der Waals surface area contributed by atoms with Crippen LogP contribution in [-0.4, -0.2) is 71.4 Å². The van der Waals surface area contributed by atoms with Gasteiger partial charge in [-0.3, -0.25) is 9.78 Å². The molecule has 1 aliphatic rings. The van der Waals surface area contributed by atoms with Crippen molar-refractivity contribution >= 4 is 27.0 Å². The molecule has 9 nitrogen and oxygen atoms in total. The number of carbonyl (C=O) groups excluding carboxylic acids is 1. The lowest BCUT2D eigenvalue weighted by Crippen LogP contribution is -2.37. The minimum Gasteiger partial charge on any atom is -0.376 e. The first-order valence-corrected chi connectivity index (χ1v) is 13.4. The number of carbonyl (C=O) groups is 1. The van der Waals surface area contributed by atoms with Gasteiger partial charge in [-0.05, 0) is 49.6 Å². The number of pyridine rings is 1. The molecule has 10 heteroatoms. The quantitative estimate of drug-likeness (QED) is 0.426. The van der Waals surface area contributed by atoms with Crippen LogP contribution in [0.2, 0.25) is 0 Å². The average Bonchev–Trinajstić information content (AvgIpc) is 3.49. The Kier molecular flexibility index (Phi) is 7.83. The van der Waals surface area contributed by atoms with Gasteiger partial charge in [0, 0.05) is 65.6 Å². The van der Waals surface area contributed by atoms with Crippen molar-refractivity contribution in [3.63, 3.8) is 0 Å². The van der Waals surface area contributed by atoms with Crippen LogP contribution in [0.5, 0.6) is 0 Å². The number of imidazole rings is 1. The zero-order valence-corrected chi connectivity index (χ0v) is 21.4. The molecule has 1 amide bonds. The van der Waals surface area contributed by atoms with Gasteiger partial charge in [-0.25, -0.2) is 17.7 Å². The first-order chi connectivity index (χ1) is 16.8. The van der Waals surface area contributed by atoms with Crippen molar-refractivity contribution in [3.8, 4) is 0 Å². The fourth-order valence-corrected chi connectivity index (χ4v) is 5.37. The van der Waals surface area contributed by atoms with Gasteiger partial charge in [-0.15, -0.1) is 0 Å². The molecule has 2 aromatic heterocycles. The fourth-order valence-electron chi connectivity index (χ4n) is 4.45. The predicted molar refractivity (Wildman–Crippen MR) is 133 cm³/mol. The third-order valence-electron chi connectivity index (χ3n) is 6.35. The van der Waals surface area contributed by atoms with Crippen LogP contribution in [0.25, 0.3) is 11.0 Å². The van der Waals surface area contributed by atoms with Crippen LogP contribution in [-0.2, 0) is 39.1 Å². The molecular weight excluding hydrogens is 466 g/mol. The number of fused-ring (bicyclic) bond motifs is 1. The van der Waals surface area contributed by atoms with Crippen molar-refractivity contribution in [2.24, 2.45) is 0 Å². The SMILES string of the molecule is CCn1c(CCC(=O)N(Cc2cccnc2)CC2CCCO2)nc2cc(S(=O)(=O)N(C)C)ccc21. The van der Waals surface area contributed by atoms with Crippen molar-refractivity contribution in [1.82, 2.24) is 23.7 Å². The summed E-state index contributed by atoms with van der Waals surface area (Å²) >= 11 is 0. The summed E-state index contributed by atoms with van der Waals surface area (Å²) in [6.45, 7) is 4.48. The van der Waals surface area contributed by atoms with Gasteiger partial charge < -0.3 is 14.2 Å². The molecule has 0 saturated carbocycles. The molecule has 1 aliphatic heterocycles. The Hall–Kier alpha value is -2.82. The zero-order chi connectivity index (χ0) is 25.0. The minimum atomic E-state index is -3.55. The maximum Gasteiger partial charge on any atom is 0.242 e. The lowest BCUT2D eigenvalue weighted by atomic mass is 10.1. The molecule has 0 N–H and O–H groups in total. The van der Waals surface area contributed by atoms with E-state index in [-0.39, 0.29) is 16.9 Å². The standard InChI is InChI=1S/C25H33N5O4S/c1-4-30-23-10-9-21(35(32,33)28(2)3)15-22(23)27-24(30)11-12-25(31)29(18-20-8-6-14-34-20)17-19-7-5-13-26-16-19/h5,7,9-10,13,15-16,20H,4,6,8,11-12,14,17-18H2,1-3H3. The smallest absolute Gasteiger partial charge is 0.242 e. The van der Waals surface area contributed by atoms with Crippen LogP contribution in [0.1, 0.15) is 37.6 Å². The molecule has 1 aromatic carbocycles. The summed E-state index contributed by atoms with van der Waals surface area (Å²) in [5, 5.41) is 0. The number of ether oxygens (including phenoxy) is 1. The molecule has 1 saturated heterocycles. The lowest BCUT2D eigenvalue weighted by Gasteiger charge is -2.25. The van der Waals surface area contributed by atoms with E-state index in [4.69, 9.17) is 9.72 Å². The topological polar surface area (TPSA) is 97.6 Å². The Morgan fingerprint density at radius 1 is 1.26 bits per heavy atom.